The predicted molar refractivity (Wildman–Crippen MR) is 99.4 cm³/mol. The van der Waals surface area contributed by atoms with E-state index in [0.717, 1.165) is 33.2 Å². The first-order valence-electron chi connectivity index (χ1n) is 8.24. The van der Waals surface area contributed by atoms with Crippen LogP contribution >= 0.6 is 0 Å². The van der Waals surface area contributed by atoms with E-state index in [0.29, 0.717) is 12.3 Å². The van der Waals surface area contributed by atoms with E-state index in [-0.39, 0.29) is 11.7 Å². The van der Waals surface area contributed by atoms with E-state index < -0.39 is 0 Å². The second kappa shape index (κ2) is 7.44. The van der Waals surface area contributed by atoms with Crippen LogP contribution in [0.5, 0.6) is 5.75 Å². The molecule has 5 heteroatoms. The molecule has 0 unspecified atom stereocenters. The van der Waals surface area contributed by atoms with Crippen LogP contribution in [-0.4, -0.2) is 13.0 Å². The Bertz CT molecular complexity index is 971. The lowest BCUT2D eigenvalue weighted by Gasteiger charge is -2.10. The summed E-state index contributed by atoms with van der Waals surface area (Å²) in [5, 5.41) is 3.79. The zero-order chi connectivity index (χ0) is 18.7. The van der Waals surface area contributed by atoms with Crippen molar-refractivity contribution in [2.75, 3.05) is 7.11 Å². The standard InChI is InChI=1S/C21H20FNO3/c1-13(8-21(24)23-11-15-4-6-16(22)7-5-15)17-9-18-14(2)12-26-20(18)10-19(17)25-3/h4-10,12H,11H2,1-3H3,(H,23,24)/b13-8+. The summed E-state index contributed by atoms with van der Waals surface area (Å²) >= 11 is 0. The van der Waals surface area contributed by atoms with Crippen LogP contribution in [-0.2, 0) is 11.3 Å². The van der Waals surface area contributed by atoms with E-state index in [4.69, 9.17) is 9.15 Å². The Labute approximate surface area is 151 Å². The number of rotatable bonds is 5. The van der Waals surface area contributed by atoms with Crippen LogP contribution in [0, 0.1) is 12.7 Å². The molecular formula is C21H20FNO3. The number of furan rings is 1. The first-order valence-corrected chi connectivity index (χ1v) is 8.24. The van der Waals surface area contributed by atoms with E-state index >= 15 is 0 Å². The molecule has 0 aliphatic rings. The van der Waals surface area contributed by atoms with Crippen LogP contribution in [0.1, 0.15) is 23.6 Å². The lowest BCUT2D eigenvalue weighted by molar-refractivity contribution is -0.116. The molecule has 0 fully saturated rings. The molecule has 1 amide bonds. The van der Waals surface area contributed by atoms with Gasteiger partial charge in [0.15, 0.2) is 0 Å². The second-order valence-electron chi connectivity index (χ2n) is 6.14. The Kier molecular flexibility index (Phi) is 5.07. The van der Waals surface area contributed by atoms with Gasteiger partial charge in [-0.25, -0.2) is 4.39 Å². The van der Waals surface area contributed by atoms with Gasteiger partial charge in [0.25, 0.3) is 0 Å². The Morgan fingerprint density at radius 3 is 2.69 bits per heavy atom. The van der Waals surface area contributed by atoms with Gasteiger partial charge in [0.2, 0.25) is 5.91 Å². The number of methoxy groups -OCH3 is 1. The maximum Gasteiger partial charge on any atom is 0.244 e. The minimum atomic E-state index is -0.298. The molecular weight excluding hydrogens is 333 g/mol. The normalized spacial score (nSPS) is 11.6. The summed E-state index contributed by atoms with van der Waals surface area (Å²) < 4.78 is 23.9. The Morgan fingerprint density at radius 1 is 1.27 bits per heavy atom. The van der Waals surface area contributed by atoms with Crippen molar-refractivity contribution in [3.63, 3.8) is 0 Å². The van der Waals surface area contributed by atoms with Crippen LogP contribution in [0.2, 0.25) is 0 Å². The fourth-order valence-electron chi connectivity index (χ4n) is 2.78. The number of hydrogen-bond donors (Lipinski definition) is 1. The maximum absolute atomic E-state index is 12.9. The lowest BCUT2D eigenvalue weighted by atomic mass is 10.0. The topological polar surface area (TPSA) is 51.5 Å². The van der Waals surface area contributed by atoms with E-state index in [2.05, 4.69) is 5.32 Å². The predicted octanol–water partition coefficient (Wildman–Crippen LogP) is 4.61. The third-order valence-corrected chi connectivity index (χ3v) is 4.24. The van der Waals surface area contributed by atoms with Crippen LogP contribution in [0.25, 0.3) is 16.5 Å². The van der Waals surface area contributed by atoms with Crippen LogP contribution in [0.4, 0.5) is 4.39 Å². The highest BCUT2D eigenvalue weighted by Gasteiger charge is 2.12. The number of halogens is 1. The molecule has 4 nitrogen and oxygen atoms in total. The van der Waals surface area contributed by atoms with Crippen molar-refractivity contribution in [2.45, 2.75) is 20.4 Å². The highest BCUT2D eigenvalue weighted by atomic mass is 19.1. The number of carbonyl (C=O) groups is 1. The number of nitrogens with one attached hydrogen (secondary N) is 1. The van der Waals surface area contributed by atoms with Gasteiger partial charge in [0, 0.05) is 29.6 Å². The van der Waals surface area contributed by atoms with Gasteiger partial charge in [0.1, 0.15) is 17.1 Å². The molecule has 134 valence electrons. The fourth-order valence-corrected chi connectivity index (χ4v) is 2.78. The van der Waals surface area contributed by atoms with Crippen molar-refractivity contribution in [1.29, 1.82) is 0 Å². The van der Waals surface area contributed by atoms with Gasteiger partial charge >= 0.3 is 0 Å². The number of amides is 1. The average molecular weight is 353 g/mol. The summed E-state index contributed by atoms with van der Waals surface area (Å²) in [5.74, 6) is 0.123. The molecule has 1 heterocycles. The van der Waals surface area contributed by atoms with Crippen molar-refractivity contribution in [3.8, 4) is 5.75 Å². The van der Waals surface area contributed by atoms with Gasteiger partial charge < -0.3 is 14.5 Å². The van der Waals surface area contributed by atoms with E-state index in [1.807, 2.05) is 26.0 Å². The first kappa shape index (κ1) is 17.7. The summed E-state index contributed by atoms with van der Waals surface area (Å²) in [6.07, 6.45) is 3.23. The molecule has 0 bridgehead atoms. The van der Waals surface area contributed by atoms with E-state index in [1.54, 1.807) is 25.5 Å². The van der Waals surface area contributed by atoms with Gasteiger partial charge in [-0.3, -0.25) is 4.79 Å². The quantitative estimate of drug-likeness (QED) is 0.682. The number of allylic oxidation sites excluding steroid dienone is 1. The highest BCUT2D eigenvalue weighted by Crippen LogP contribution is 2.33. The molecule has 0 aliphatic heterocycles. The van der Waals surface area contributed by atoms with Crippen molar-refractivity contribution in [3.05, 3.63) is 71.2 Å². The SMILES string of the molecule is COc1cc2occ(C)c2cc1/C(C)=C/C(=O)NCc1ccc(F)cc1. The summed E-state index contributed by atoms with van der Waals surface area (Å²) in [7, 11) is 1.59. The zero-order valence-corrected chi connectivity index (χ0v) is 14.9. The Hall–Kier alpha value is -3.08. The molecule has 3 rings (SSSR count). The first-order chi connectivity index (χ1) is 12.5. The van der Waals surface area contributed by atoms with Crippen molar-refractivity contribution in [1.82, 2.24) is 5.32 Å². The number of benzene rings is 2. The summed E-state index contributed by atoms with van der Waals surface area (Å²) in [4.78, 5) is 12.2. The van der Waals surface area contributed by atoms with Gasteiger partial charge in [-0.1, -0.05) is 12.1 Å². The minimum Gasteiger partial charge on any atom is -0.496 e. The van der Waals surface area contributed by atoms with Crippen molar-refractivity contribution < 1.29 is 18.3 Å². The van der Waals surface area contributed by atoms with Gasteiger partial charge in [-0.2, -0.15) is 0 Å². The smallest absolute Gasteiger partial charge is 0.244 e. The highest BCUT2D eigenvalue weighted by molar-refractivity contribution is 5.97. The molecule has 2 aromatic carbocycles. The zero-order valence-electron chi connectivity index (χ0n) is 14.9. The third kappa shape index (κ3) is 3.77. The van der Waals surface area contributed by atoms with E-state index in [9.17, 15) is 9.18 Å². The molecule has 0 radical (unpaired) electrons. The molecule has 1 N–H and O–H groups in total. The van der Waals surface area contributed by atoms with Gasteiger partial charge in [-0.05, 0) is 48.7 Å². The summed E-state index contributed by atoms with van der Waals surface area (Å²) in [6.45, 7) is 4.16. The Morgan fingerprint density at radius 2 is 2.00 bits per heavy atom. The van der Waals surface area contributed by atoms with Crippen LogP contribution in [0.15, 0.2) is 53.2 Å². The maximum atomic E-state index is 12.9. The van der Waals surface area contributed by atoms with E-state index in [1.165, 1.54) is 18.2 Å². The van der Waals surface area contributed by atoms with Crippen LogP contribution in [0.3, 0.4) is 0 Å². The lowest BCUT2D eigenvalue weighted by Crippen LogP contribution is -2.20. The summed E-state index contributed by atoms with van der Waals surface area (Å²) in [5.41, 5.74) is 4.22. The number of fused-ring (bicyclic) bond motifs is 1. The number of aryl methyl sites for hydroxylation is 1. The molecule has 0 aliphatic carbocycles. The largest absolute Gasteiger partial charge is 0.496 e. The molecule has 1 aromatic heterocycles. The monoisotopic (exact) mass is 353 g/mol. The molecule has 0 saturated heterocycles. The summed E-state index contributed by atoms with van der Waals surface area (Å²) in [6, 6.07) is 9.82. The second-order valence-corrected chi connectivity index (χ2v) is 6.14. The van der Waals surface area contributed by atoms with Gasteiger partial charge in [-0.15, -0.1) is 0 Å². The van der Waals surface area contributed by atoms with Gasteiger partial charge in [0.05, 0.1) is 13.4 Å². The number of hydrogen-bond acceptors (Lipinski definition) is 3. The van der Waals surface area contributed by atoms with Crippen molar-refractivity contribution >= 4 is 22.4 Å². The molecule has 0 saturated carbocycles. The Balaban J connectivity index is 1.79. The molecule has 0 spiro atoms. The van der Waals surface area contributed by atoms with Crippen molar-refractivity contribution in [2.24, 2.45) is 0 Å². The number of carbonyl (C=O) groups excluding carboxylic acids is 1. The molecule has 26 heavy (non-hydrogen) atoms. The molecule has 3 aromatic rings. The molecule has 0 atom stereocenters. The third-order valence-electron chi connectivity index (χ3n) is 4.24. The fraction of sp³-hybridized carbons (Fsp3) is 0.190. The number of ether oxygens (including phenoxy) is 1. The van der Waals surface area contributed by atoms with Crippen LogP contribution < -0.4 is 10.1 Å². The minimum absolute atomic E-state index is 0.224. The average Bonchev–Trinajstić information content (AvgIpc) is 3.00.